The molecule has 0 aliphatic carbocycles. The second-order valence-corrected chi connectivity index (χ2v) is 6.87. The van der Waals surface area contributed by atoms with Gasteiger partial charge in [0.25, 0.3) is 0 Å². The number of nitrogens with zero attached hydrogens (tertiary/aromatic N) is 5. The van der Waals surface area contributed by atoms with Gasteiger partial charge in [-0.05, 0) is 25.0 Å². The van der Waals surface area contributed by atoms with E-state index in [9.17, 15) is 9.18 Å². The molecule has 1 fully saturated rings. The molecule has 158 valence electrons. The molecule has 10 nitrogen and oxygen atoms in total. The number of pyridine rings is 1. The molecule has 0 radical (unpaired) electrons. The summed E-state index contributed by atoms with van der Waals surface area (Å²) >= 11 is 6.21. The summed E-state index contributed by atoms with van der Waals surface area (Å²) < 4.78 is 20.4. The highest BCUT2D eigenvalue weighted by atomic mass is 35.5. The summed E-state index contributed by atoms with van der Waals surface area (Å²) in [7, 11) is 0. The maximum atomic E-state index is 13.7. The zero-order valence-electron chi connectivity index (χ0n) is 15.7. The van der Waals surface area contributed by atoms with Crippen molar-refractivity contribution in [1.82, 2.24) is 25.1 Å². The van der Waals surface area contributed by atoms with Gasteiger partial charge in [0.15, 0.2) is 5.75 Å². The molecule has 1 amide bonds. The van der Waals surface area contributed by atoms with Crippen molar-refractivity contribution in [2.75, 3.05) is 24.7 Å². The Hall–Kier alpha value is -3.02. The first-order valence-electron chi connectivity index (χ1n) is 9.19. The fourth-order valence-corrected chi connectivity index (χ4v) is 3.61. The molecule has 1 aliphatic heterocycles. The highest BCUT2D eigenvalue weighted by Gasteiger charge is 2.30. The molecule has 1 saturated heterocycles. The highest BCUT2D eigenvalue weighted by molar-refractivity contribution is 6.30. The van der Waals surface area contributed by atoms with Gasteiger partial charge in [-0.3, -0.25) is 4.84 Å². The lowest BCUT2D eigenvalue weighted by molar-refractivity contribution is 0.0247. The molecule has 0 saturated carbocycles. The molecule has 0 bridgehead atoms. The van der Waals surface area contributed by atoms with E-state index < -0.39 is 11.9 Å². The van der Waals surface area contributed by atoms with Crippen molar-refractivity contribution >= 4 is 29.2 Å². The molecular weight excluding hydrogens is 419 g/mol. The minimum atomic E-state index is -0.873. The van der Waals surface area contributed by atoms with Gasteiger partial charge in [-0.25, -0.2) is 23.7 Å². The number of fused-ring (bicyclic) bond motifs is 1. The summed E-state index contributed by atoms with van der Waals surface area (Å²) in [5, 5.41) is 13.0. The minimum absolute atomic E-state index is 0.0693. The van der Waals surface area contributed by atoms with E-state index in [1.165, 1.54) is 16.8 Å². The average Bonchev–Trinajstić information content (AvgIpc) is 3.37. The average molecular weight is 437 g/mol. The van der Waals surface area contributed by atoms with Crippen molar-refractivity contribution in [3.05, 3.63) is 47.3 Å². The second kappa shape index (κ2) is 8.78. The van der Waals surface area contributed by atoms with Crippen LogP contribution in [0.1, 0.15) is 24.4 Å². The number of aliphatic hydroxyl groups is 1. The summed E-state index contributed by atoms with van der Waals surface area (Å²) in [6.07, 6.45) is 4.89. The Morgan fingerprint density at radius 3 is 3.13 bits per heavy atom. The third-order valence-corrected chi connectivity index (χ3v) is 4.93. The zero-order chi connectivity index (χ0) is 21.1. The van der Waals surface area contributed by atoms with Gasteiger partial charge in [-0.1, -0.05) is 11.6 Å². The summed E-state index contributed by atoms with van der Waals surface area (Å²) in [4.78, 5) is 27.0. The number of rotatable bonds is 6. The third-order valence-electron chi connectivity index (χ3n) is 4.61. The number of hydrogen-bond donors (Lipinski definition) is 2. The quantitative estimate of drug-likeness (QED) is 0.343. The Bertz CT molecular complexity index is 1060. The number of amides is 1. The van der Waals surface area contributed by atoms with Crippen molar-refractivity contribution in [2.24, 2.45) is 0 Å². The number of carbonyl (C=O) groups is 1. The molecule has 0 aromatic carbocycles. The standard InChI is InChI=1S/C18H18ClFN6O4/c19-16-12(8-11(20)9-21-16)13-2-1-4-25(13)15-3-5-26-17(23-15)14(10-22-26)30-18(28)24-29-7-6-27/h3,5,8-10,13,27H,1-2,4,6-7H2,(H,24,28)/t13-/m1/s1. The maximum Gasteiger partial charge on any atom is 0.436 e. The zero-order valence-corrected chi connectivity index (χ0v) is 16.4. The van der Waals surface area contributed by atoms with Gasteiger partial charge in [0.1, 0.15) is 16.8 Å². The number of halogens is 2. The van der Waals surface area contributed by atoms with Crippen LogP contribution in [0.4, 0.5) is 15.0 Å². The lowest BCUT2D eigenvalue weighted by Crippen LogP contribution is -2.28. The minimum Gasteiger partial charge on any atom is -0.403 e. The van der Waals surface area contributed by atoms with Gasteiger partial charge in [0.05, 0.1) is 31.6 Å². The van der Waals surface area contributed by atoms with Crippen LogP contribution in [0.2, 0.25) is 5.15 Å². The predicted octanol–water partition coefficient (Wildman–Crippen LogP) is 2.27. The van der Waals surface area contributed by atoms with Crippen molar-refractivity contribution in [3.63, 3.8) is 0 Å². The topological polar surface area (TPSA) is 114 Å². The van der Waals surface area contributed by atoms with Gasteiger partial charge >= 0.3 is 6.09 Å². The van der Waals surface area contributed by atoms with E-state index in [0.29, 0.717) is 23.6 Å². The Morgan fingerprint density at radius 2 is 2.30 bits per heavy atom. The highest BCUT2D eigenvalue weighted by Crippen LogP contribution is 2.38. The first-order valence-corrected chi connectivity index (χ1v) is 9.57. The Kier molecular flexibility index (Phi) is 5.93. The number of hydroxylamine groups is 1. The van der Waals surface area contributed by atoms with E-state index in [1.807, 2.05) is 10.4 Å². The summed E-state index contributed by atoms with van der Waals surface area (Å²) in [5.74, 6) is 0.279. The normalized spacial score (nSPS) is 16.2. The number of aliphatic hydroxyl groups excluding tert-OH is 1. The van der Waals surface area contributed by atoms with Gasteiger partial charge in [0, 0.05) is 18.3 Å². The Labute approximate surface area is 175 Å². The summed E-state index contributed by atoms with van der Waals surface area (Å²) in [5.41, 5.74) is 2.96. The SMILES string of the molecule is O=C(NOCCO)Oc1cnn2ccc(N3CCC[C@@H]3c3cc(F)cnc3Cl)nc12. The molecule has 2 N–H and O–H groups in total. The number of nitrogens with one attached hydrogen (secondary N) is 1. The number of aromatic nitrogens is 4. The molecule has 0 unspecified atom stereocenters. The fraction of sp³-hybridized carbons (Fsp3) is 0.333. The van der Waals surface area contributed by atoms with E-state index in [0.717, 1.165) is 19.0 Å². The van der Waals surface area contributed by atoms with Crippen LogP contribution in [0.15, 0.2) is 30.7 Å². The Morgan fingerprint density at radius 1 is 1.43 bits per heavy atom. The van der Waals surface area contributed by atoms with Crippen LogP contribution in [0.3, 0.4) is 0 Å². The van der Waals surface area contributed by atoms with E-state index in [1.54, 1.807) is 12.3 Å². The molecular formula is C18H18ClFN6O4. The maximum absolute atomic E-state index is 13.7. The molecule has 3 aromatic rings. The molecule has 1 atom stereocenters. The smallest absolute Gasteiger partial charge is 0.403 e. The second-order valence-electron chi connectivity index (χ2n) is 6.51. The molecule has 4 heterocycles. The van der Waals surface area contributed by atoms with Gasteiger partial charge in [0.2, 0.25) is 5.65 Å². The largest absolute Gasteiger partial charge is 0.436 e. The summed E-state index contributed by atoms with van der Waals surface area (Å²) in [6.45, 7) is 0.379. The van der Waals surface area contributed by atoms with E-state index in [2.05, 4.69) is 15.1 Å². The Balaban J connectivity index is 1.59. The monoisotopic (exact) mass is 436 g/mol. The van der Waals surface area contributed by atoms with Crippen LogP contribution >= 0.6 is 11.6 Å². The van der Waals surface area contributed by atoms with Gasteiger partial charge in [-0.2, -0.15) is 10.6 Å². The van der Waals surface area contributed by atoms with Gasteiger partial charge < -0.3 is 14.7 Å². The van der Waals surface area contributed by atoms with E-state index >= 15 is 0 Å². The molecule has 12 heteroatoms. The van der Waals surface area contributed by atoms with Crippen LogP contribution < -0.4 is 15.1 Å². The van der Waals surface area contributed by atoms with Crippen LogP contribution in [0.5, 0.6) is 5.75 Å². The molecule has 0 spiro atoms. The van der Waals surface area contributed by atoms with Gasteiger partial charge in [-0.15, -0.1) is 0 Å². The van der Waals surface area contributed by atoms with Crippen molar-refractivity contribution in [3.8, 4) is 5.75 Å². The van der Waals surface area contributed by atoms with Crippen molar-refractivity contribution in [2.45, 2.75) is 18.9 Å². The lowest BCUT2D eigenvalue weighted by atomic mass is 10.1. The van der Waals surface area contributed by atoms with E-state index in [-0.39, 0.29) is 30.2 Å². The number of anilines is 1. The summed E-state index contributed by atoms with van der Waals surface area (Å²) in [6, 6.07) is 2.98. The van der Waals surface area contributed by atoms with E-state index in [4.69, 9.17) is 26.3 Å². The number of carbonyl (C=O) groups excluding carboxylic acids is 1. The van der Waals surface area contributed by atoms with Crippen molar-refractivity contribution < 1.29 is 23.9 Å². The van der Waals surface area contributed by atoms with Crippen LogP contribution in [0.25, 0.3) is 5.65 Å². The number of ether oxygens (including phenoxy) is 1. The first kappa shape index (κ1) is 20.3. The van der Waals surface area contributed by atoms with Crippen LogP contribution in [-0.4, -0.2) is 50.5 Å². The predicted molar refractivity (Wildman–Crippen MR) is 104 cm³/mol. The molecule has 1 aliphatic rings. The molecule has 30 heavy (non-hydrogen) atoms. The fourth-order valence-electron chi connectivity index (χ4n) is 3.38. The number of hydrogen-bond acceptors (Lipinski definition) is 8. The van der Waals surface area contributed by atoms with Crippen molar-refractivity contribution in [1.29, 1.82) is 0 Å². The molecule has 3 aromatic heterocycles. The first-order chi connectivity index (χ1) is 14.6. The van der Waals surface area contributed by atoms with Crippen LogP contribution in [-0.2, 0) is 4.84 Å². The van der Waals surface area contributed by atoms with Crippen LogP contribution in [0, 0.1) is 5.82 Å². The lowest BCUT2D eigenvalue weighted by Gasteiger charge is -2.26. The molecule has 4 rings (SSSR count). The third kappa shape index (κ3) is 4.13.